The Morgan fingerprint density at radius 1 is 0.818 bits per heavy atom. The van der Waals surface area contributed by atoms with Gasteiger partial charge in [-0.15, -0.1) is 0 Å². The molecule has 0 aliphatic carbocycles. The molecule has 4 aromatic rings. The zero-order valence-corrected chi connectivity index (χ0v) is 18.8. The lowest BCUT2D eigenvalue weighted by molar-refractivity contribution is 0.0696. The standard InChI is InChI=1S/C28H22ClNO3/c1-18-9-11-19(12-10-18)20-13-14-25(26(29)16-20)27(31)30-17-23-5-2-3-8-24(23)21-6-4-7-22(15-21)28(32)33/h2-16H,17H2,1H3,(H,30,31)(H,32,33). The van der Waals surface area contributed by atoms with Crippen LogP contribution in [0.15, 0.2) is 91.0 Å². The Hall–Kier alpha value is -3.89. The molecule has 2 N–H and O–H groups in total. The Morgan fingerprint density at radius 3 is 2.27 bits per heavy atom. The van der Waals surface area contributed by atoms with Crippen LogP contribution in [0.25, 0.3) is 22.3 Å². The highest BCUT2D eigenvalue weighted by Gasteiger charge is 2.13. The summed E-state index contributed by atoms with van der Waals surface area (Å²) in [5, 5.41) is 12.6. The smallest absolute Gasteiger partial charge is 0.335 e. The van der Waals surface area contributed by atoms with Crippen LogP contribution in [0, 0.1) is 6.92 Å². The van der Waals surface area contributed by atoms with Gasteiger partial charge in [0.05, 0.1) is 16.1 Å². The molecule has 0 aliphatic heterocycles. The maximum atomic E-state index is 12.8. The fourth-order valence-electron chi connectivity index (χ4n) is 3.67. The number of aryl methyl sites for hydroxylation is 1. The largest absolute Gasteiger partial charge is 0.478 e. The van der Waals surface area contributed by atoms with Crippen LogP contribution in [0.5, 0.6) is 0 Å². The second-order valence-corrected chi connectivity index (χ2v) is 8.19. The summed E-state index contributed by atoms with van der Waals surface area (Å²) in [5.74, 6) is -1.25. The van der Waals surface area contributed by atoms with Crippen LogP contribution in [0.3, 0.4) is 0 Å². The summed E-state index contributed by atoms with van der Waals surface area (Å²) >= 11 is 6.44. The summed E-state index contributed by atoms with van der Waals surface area (Å²) in [6.45, 7) is 2.31. The number of nitrogens with one attached hydrogen (secondary N) is 1. The van der Waals surface area contributed by atoms with Gasteiger partial charge < -0.3 is 10.4 Å². The predicted molar refractivity (Wildman–Crippen MR) is 132 cm³/mol. The van der Waals surface area contributed by atoms with Crippen molar-refractivity contribution >= 4 is 23.5 Å². The molecular formula is C28H22ClNO3. The molecule has 4 aromatic carbocycles. The number of carbonyl (C=O) groups excluding carboxylic acids is 1. The number of carbonyl (C=O) groups is 2. The van der Waals surface area contributed by atoms with Crippen LogP contribution in [-0.2, 0) is 6.54 Å². The maximum absolute atomic E-state index is 12.8. The van der Waals surface area contributed by atoms with Crippen molar-refractivity contribution in [3.05, 3.63) is 118 Å². The van der Waals surface area contributed by atoms with Crippen LogP contribution in [-0.4, -0.2) is 17.0 Å². The molecule has 0 fully saturated rings. The zero-order chi connectivity index (χ0) is 23.4. The Balaban J connectivity index is 1.52. The van der Waals surface area contributed by atoms with Gasteiger partial charge in [0.15, 0.2) is 0 Å². The molecule has 0 saturated heterocycles. The van der Waals surface area contributed by atoms with Gasteiger partial charge in [-0.2, -0.15) is 0 Å². The number of aromatic carboxylic acids is 1. The summed E-state index contributed by atoms with van der Waals surface area (Å²) in [6, 6.07) is 27.9. The molecule has 1 amide bonds. The third-order valence-corrected chi connectivity index (χ3v) is 5.79. The fraction of sp³-hybridized carbons (Fsp3) is 0.0714. The average Bonchev–Trinajstić information content (AvgIpc) is 2.83. The van der Waals surface area contributed by atoms with Crippen molar-refractivity contribution < 1.29 is 14.7 Å². The van der Waals surface area contributed by atoms with E-state index in [2.05, 4.69) is 5.32 Å². The molecule has 4 nitrogen and oxygen atoms in total. The van der Waals surface area contributed by atoms with E-state index in [1.807, 2.05) is 67.6 Å². The van der Waals surface area contributed by atoms with E-state index in [1.54, 1.807) is 30.3 Å². The van der Waals surface area contributed by atoms with Crippen molar-refractivity contribution in [1.82, 2.24) is 5.32 Å². The van der Waals surface area contributed by atoms with Gasteiger partial charge in [-0.3, -0.25) is 4.79 Å². The van der Waals surface area contributed by atoms with Crippen LogP contribution in [0.4, 0.5) is 0 Å². The molecule has 0 atom stereocenters. The first-order valence-electron chi connectivity index (χ1n) is 10.5. The summed E-state index contributed by atoms with van der Waals surface area (Å²) in [7, 11) is 0. The van der Waals surface area contributed by atoms with Gasteiger partial charge >= 0.3 is 5.97 Å². The lowest BCUT2D eigenvalue weighted by Gasteiger charge is -2.13. The molecule has 0 heterocycles. The van der Waals surface area contributed by atoms with Crippen molar-refractivity contribution in [3.8, 4) is 22.3 Å². The molecule has 0 radical (unpaired) electrons. The van der Waals surface area contributed by atoms with E-state index in [-0.39, 0.29) is 18.0 Å². The molecule has 4 rings (SSSR count). The highest BCUT2D eigenvalue weighted by Crippen LogP contribution is 2.27. The minimum Gasteiger partial charge on any atom is -0.478 e. The third kappa shape index (κ3) is 5.13. The second kappa shape index (κ2) is 9.72. The molecule has 5 heteroatoms. The highest BCUT2D eigenvalue weighted by atomic mass is 35.5. The molecule has 33 heavy (non-hydrogen) atoms. The first kappa shape index (κ1) is 22.3. The number of amides is 1. The Bertz CT molecular complexity index is 1330. The van der Waals surface area contributed by atoms with Crippen LogP contribution >= 0.6 is 11.6 Å². The topological polar surface area (TPSA) is 66.4 Å². The fourth-order valence-corrected chi connectivity index (χ4v) is 3.94. The molecule has 0 aromatic heterocycles. The number of carboxylic acids is 1. The van der Waals surface area contributed by atoms with Crippen LogP contribution in [0.2, 0.25) is 5.02 Å². The highest BCUT2D eigenvalue weighted by molar-refractivity contribution is 6.34. The summed E-state index contributed by atoms with van der Waals surface area (Å²) < 4.78 is 0. The maximum Gasteiger partial charge on any atom is 0.335 e. The molecule has 0 unspecified atom stereocenters. The summed E-state index contributed by atoms with van der Waals surface area (Å²) in [4.78, 5) is 24.2. The van der Waals surface area contributed by atoms with Crippen molar-refractivity contribution in [2.24, 2.45) is 0 Å². The SMILES string of the molecule is Cc1ccc(-c2ccc(C(=O)NCc3ccccc3-c3cccc(C(=O)O)c3)c(Cl)c2)cc1. The zero-order valence-electron chi connectivity index (χ0n) is 18.0. The van der Waals surface area contributed by atoms with Crippen LogP contribution in [0.1, 0.15) is 31.8 Å². The molecular weight excluding hydrogens is 434 g/mol. The molecule has 0 aliphatic rings. The van der Waals surface area contributed by atoms with E-state index < -0.39 is 5.97 Å². The minimum atomic E-state index is -0.980. The average molecular weight is 456 g/mol. The predicted octanol–water partition coefficient (Wildman–Crippen LogP) is 6.61. The Morgan fingerprint density at radius 2 is 1.55 bits per heavy atom. The quantitative estimate of drug-likeness (QED) is 0.343. The van der Waals surface area contributed by atoms with Gasteiger partial charge in [-0.05, 0) is 59.0 Å². The number of benzene rings is 4. The van der Waals surface area contributed by atoms with E-state index in [0.29, 0.717) is 10.6 Å². The normalized spacial score (nSPS) is 10.6. The van der Waals surface area contributed by atoms with Crippen molar-refractivity contribution in [3.63, 3.8) is 0 Å². The number of halogens is 1. The van der Waals surface area contributed by atoms with Crippen molar-refractivity contribution in [1.29, 1.82) is 0 Å². The summed E-state index contributed by atoms with van der Waals surface area (Å²) in [5.41, 5.74) is 6.29. The van der Waals surface area contributed by atoms with Crippen molar-refractivity contribution in [2.45, 2.75) is 13.5 Å². The van der Waals surface area contributed by atoms with Gasteiger partial charge in [-0.25, -0.2) is 4.79 Å². The minimum absolute atomic E-state index is 0.215. The third-order valence-electron chi connectivity index (χ3n) is 5.48. The second-order valence-electron chi connectivity index (χ2n) is 7.79. The van der Waals surface area contributed by atoms with Crippen molar-refractivity contribution in [2.75, 3.05) is 0 Å². The van der Waals surface area contributed by atoms with Gasteiger partial charge in [0.1, 0.15) is 0 Å². The van der Waals surface area contributed by atoms with Crippen LogP contribution < -0.4 is 5.32 Å². The first-order chi connectivity index (χ1) is 15.9. The Kier molecular flexibility index (Phi) is 6.57. The lowest BCUT2D eigenvalue weighted by Crippen LogP contribution is -2.23. The Labute approximate surface area is 197 Å². The monoisotopic (exact) mass is 455 g/mol. The van der Waals surface area contributed by atoms with E-state index in [1.165, 1.54) is 5.56 Å². The van der Waals surface area contributed by atoms with E-state index in [9.17, 15) is 14.7 Å². The lowest BCUT2D eigenvalue weighted by atomic mass is 9.98. The van der Waals surface area contributed by atoms with Gasteiger partial charge in [0.25, 0.3) is 5.91 Å². The van der Waals surface area contributed by atoms with E-state index in [0.717, 1.165) is 27.8 Å². The number of rotatable bonds is 6. The van der Waals surface area contributed by atoms with Gasteiger partial charge in [0.2, 0.25) is 0 Å². The molecule has 0 saturated carbocycles. The number of hydrogen-bond donors (Lipinski definition) is 2. The summed E-state index contributed by atoms with van der Waals surface area (Å²) in [6.07, 6.45) is 0. The number of carboxylic acid groups (broad SMARTS) is 1. The number of hydrogen-bond acceptors (Lipinski definition) is 2. The van der Waals surface area contributed by atoms with E-state index >= 15 is 0 Å². The molecule has 0 bridgehead atoms. The first-order valence-corrected chi connectivity index (χ1v) is 10.9. The van der Waals surface area contributed by atoms with E-state index in [4.69, 9.17) is 11.6 Å². The van der Waals surface area contributed by atoms with Gasteiger partial charge in [0, 0.05) is 6.54 Å². The van der Waals surface area contributed by atoms with Gasteiger partial charge in [-0.1, -0.05) is 83.9 Å². The molecule has 164 valence electrons. The molecule has 0 spiro atoms.